The highest BCUT2D eigenvalue weighted by Crippen LogP contribution is 2.21. The Morgan fingerprint density at radius 1 is 1.31 bits per heavy atom. The largest absolute Gasteiger partial charge is 0.294 e. The first-order valence-electron chi connectivity index (χ1n) is 4.86. The SMILES string of the molecule is CC.Cc1[nH]nc2c1C(=O)CCC2. The number of hydrogen-bond acceptors (Lipinski definition) is 2. The van der Waals surface area contributed by atoms with E-state index in [1.165, 1.54) is 0 Å². The van der Waals surface area contributed by atoms with Gasteiger partial charge in [0.25, 0.3) is 0 Å². The second-order valence-electron chi connectivity index (χ2n) is 2.95. The molecule has 0 fully saturated rings. The maximum absolute atomic E-state index is 11.3. The molecular weight excluding hydrogens is 164 g/mol. The van der Waals surface area contributed by atoms with Gasteiger partial charge in [0.05, 0.1) is 11.3 Å². The van der Waals surface area contributed by atoms with Crippen LogP contribution in [0, 0.1) is 6.92 Å². The van der Waals surface area contributed by atoms with Crippen molar-refractivity contribution >= 4 is 5.78 Å². The molecule has 0 bridgehead atoms. The first kappa shape index (κ1) is 9.96. The zero-order chi connectivity index (χ0) is 9.84. The summed E-state index contributed by atoms with van der Waals surface area (Å²) in [6.45, 7) is 5.90. The van der Waals surface area contributed by atoms with Gasteiger partial charge >= 0.3 is 0 Å². The Labute approximate surface area is 78.5 Å². The first-order chi connectivity index (χ1) is 6.29. The number of ketones is 1. The van der Waals surface area contributed by atoms with Crippen molar-refractivity contribution in [2.75, 3.05) is 0 Å². The lowest BCUT2D eigenvalue weighted by molar-refractivity contribution is 0.0972. The minimum atomic E-state index is 0.248. The molecule has 0 amide bonds. The van der Waals surface area contributed by atoms with Crippen molar-refractivity contribution in [2.24, 2.45) is 0 Å². The van der Waals surface area contributed by atoms with Crippen LogP contribution in [0.25, 0.3) is 0 Å². The van der Waals surface area contributed by atoms with Crippen LogP contribution in [-0.2, 0) is 6.42 Å². The number of nitrogens with one attached hydrogen (secondary N) is 1. The number of Topliss-reactive ketones (excluding diaryl/α,β-unsaturated/α-hetero) is 1. The van der Waals surface area contributed by atoms with Crippen molar-refractivity contribution in [2.45, 2.75) is 40.0 Å². The van der Waals surface area contributed by atoms with Crippen LogP contribution in [-0.4, -0.2) is 16.0 Å². The average Bonchev–Trinajstić information content (AvgIpc) is 2.53. The van der Waals surface area contributed by atoms with E-state index < -0.39 is 0 Å². The highest BCUT2D eigenvalue weighted by atomic mass is 16.1. The normalized spacial score (nSPS) is 14.5. The van der Waals surface area contributed by atoms with Crippen molar-refractivity contribution in [1.82, 2.24) is 10.2 Å². The van der Waals surface area contributed by atoms with Crippen LogP contribution in [0.1, 0.15) is 48.4 Å². The van der Waals surface area contributed by atoms with E-state index >= 15 is 0 Å². The van der Waals surface area contributed by atoms with Gasteiger partial charge in [-0.25, -0.2) is 0 Å². The van der Waals surface area contributed by atoms with E-state index in [1.807, 2.05) is 20.8 Å². The zero-order valence-corrected chi connectivity index (χ0v) is 8.48. The fourth-order valence-corrected chi connectivity index (χ4v) is 1.57. The summed E-state index contributed by atoms with van der Waals surface area (Å²) < 4.78 is 0. The molecule has 3 nitrogen and oxygen atoms in total. The van der Waals surface area contributed by atoms with Crippen LogP contribution in [0.5, 0.6) is 0 Å². The summed E-state index contributed by atoms with van der Waals surface area (Å²) in [5.74, 6) is 0.248. The maximum Gasteiger partial charge on any atom is 0.166 e. The molecule has 1 N–H and O–H groups in total. The summed E-state index contributed by atoms with van der Waals surface area (Å²) in [7, 11) is 0. The molecular formula is C10H16N2O. The smallest absolute Gasteiger partial charge is 0.166 e. The second-order valence-corrected chi connectivity index (χ2v) is 2.95. The number of rotatable bonds is 0. The number of aromatic nitrogens is 2. The van der Waals surface area contributed by atoms with Gasteiger partial charge in [0.2, 0.25) is 0 Å². The molecule has 13 heavy (non-hydrogen) atoms. The summed E-state index contributed by atoms with van der Waals surface area (Å²) in [5.41, 5.74) is 2.72. The van der Waals surface area contributed by atoms with Crippen molar-refractivity contribution in [1.29, 1.82) is 0 Å². The predicted molar refractivity (Wildman–Crippen MR) is 51.9 cm³/mol. The highest BCUT2D eigenvalue weighted by molar-refractivity contribution is 5.98. The molecule has 0 unspecified atom stereocenters. The molecule has 72 valence electrons. The number of carbonyl (C=O) groups excluding carboxylic acids is 1. The Bertz CT molecular complexity index is 302. The number of aryl methyl sites for hydroxylation is 2. The van der Waals surface area contributed by atoms with Crippen LogP contribution in [0.2, 0.25) is 0 Å². The molecule has 1 aromatic heterocycles. The van der Waals surface area contributed by atoms with Gasteiger partial charge in [0, 0.05) is 12.1 Å². The Morgan fingerprint density at radius 3 is 2.62 bits per heavy atom. The third-order valence-electron chi connectivity index (χ3n) is 2.12. The number of aromatic amines is 1. The lowest BCUT2D eigenvalue weighted by atomic mass is 9.95. The minimum Gasteiger partial charge on any atom is -0.294 e. The first-order valence-corrected chi connectivity index (χ1v) is 4.86. The van der Waals surface area contributed by atoms with E-state index in [0.29, 0.717) is 6.42 Å². The summed E-state index contributed by atoms with van der Waals surface area (Å²) in [6.07, 6.45) is 2.59. The van der Waals surface area contributed by atoms with Crippen molar-refractivity contribution in [3.63, 3.8) is 0 Å². The molecule has 3 heteroatoms. The zero-order valence-electron chi connectivity index (χ0n) is 8.48. The van der Waals surface area contributed by atoms with Crippen molar-refractivity contribution < 1.29 is 4.79 Å². The fraction of sp³-hybridized carbons (Fsp3) is 0.600. The van der Waals surface area contributed by atoms with Gasteiger partial charge in [-0.1, -0.05) is 13.8 Å². The summed E-state index contributed by atoms with van der Waals surface area (Å²) >= 11 is 0. The second kappa shape index (κ2) is 4.21. The molecule has 0 aliphatic heterocycles. The average molecular weight is 180 g/mol. The molecule has 1 heterocycles. The van der Waals surface area contributed by atoms with Gasteiger partial charge in [0.1, 0.15) is 0 Å². The Balaban J connectivity index is 0.000000396. The Kier molecular flexibility index (Phi) is 3.23. The quantitative estimate of drug-likeness (QED) is 0.665. The van der Waals surface area contributed by atoms with Crippen LogP contribution in [0.15, 0.2) is 0 Å². The molecule has 0 saturated heterocycles. The minimum absolute atomic E-state index is 0.248. The molecule has 0 radical (unpaired) electrons. The molecule has 1 aromatic rings. The molecule has 2 rings (SSSR count). The van der Waals surface area contributed by atoms with Gasteiger partial charge < -0.3 is 0 Å². The number of nitrogens with zero attached hydrogens (tertiary/aromatic N) is 1. The van der Waals surface area contributed by atoms with Crippen LogP contribution in [0.4, 0.5) is 0 Å². The van der Waals surface area contributed by atoms with Gasteiger partial charge in [-0.05, 0) is 19.8 Å². The van der Waals surface area contributed by atoms with Crippen molar-refractivity contribution in [3.05, 3.63) is 17.0 Å². The van der Waals surface area contributed by atoms with E-state index in [2.05, 4.69) is 10.2 Å². The van der Waals surface area contributed by atoms with Gasteiger partial charge in [-0.3, -0.25) is 9.89 Å². The highest BCUT2D eigenvalue weighted by Gasteiger charge is 2.21. The van der Waals surface area contributed by atoms with Crippen LogP contribution >= 0.6 is 0 Å². The van der Waals surface area contributed by atoms with E-state index in [-0.39, 0.29) is 5.78 Å². The molecule has 0 spiro atoms. The molecule has 1 aliphatic rings. The predicted octanol–water partition coefficient (Wildman–Crippen LogP) is 2.26. The number of carbonyl (C=O) groups is 1. The summed E-state index contributed by atoms with van der Waals surface area (Å²) in [6, 6.07) is 0. The van der Waals surface area contributed by atoms with E-state index in [0.717, 1.165) is 29.8 Å². The topological polar surface area (TPSA) is 45.8 Å². The molecule has 0 saturated carbocycles. The van der Waals surface area contributed by atoms with Gasteiger partial charge in [-0.2, -0.15) is 5.10 Å². The van der Waals surface area contributed by atoms with Crippen molar-refractivity contribution in [3.8, 4) is 0 Å². The molecule has 1 aliphatic carbocycles. The molecule has 0 aromatic carbocycles. The summed E-state index contributed by atoms with van der Waals surface area (Å²) in [4.78, 5) is 11.3. The monoisotopic (exact) mass is 180 g/mol. The Morgan fingerprint density at radius 2 is 2.00 bits per heavy atom. The van der Waals surface area contributed by atoms with E-state index in [1.54, 1.807) is 0 Å². The summed E-state index contributed by atoms with van der Waals surface area (Å²) in [5, 5.41) is 6.90. The van der Waals surface area contributed by atoms with E-state index in [4.69, 9.17) is 0 Å². The third-order valence-corrected chi connectivity index (χ3v) is 2.12. The fourth-order valence-electron chi connectivity index (χ4n) is 1.57. The van der Waals surface area contributed by atoms with E-state index in [9.17, 15) is 4.79 Å². The van der Waals surface area contributed by atoms with Crippen LogP contribution in [0.3, 0.4) is 0 Å². The maximum atomic E-state index is 11.3. The van der Waals surface area contributed by atoms with Gasteiger partial charge in [0.15, 0.2) is 5.78 Å². The van der Waals surface area contributed by atoms with Gasteiger partial charge in [-0.15, -0.1) is 0 Å². The Hall–Kier alpha value is -1.12. The lowest BCUT2D eigenvalue weighted by Gasteiger charge is -2.07. The number of H-pyrrole nitrogens is 1. The third kappa shape index (κ3) is 1.79. The van der Waals surface area contributed by atoms with Crippen LogP contribution < -0.4 is 0 Å². The lowest BCUT2D eigenvalue weighted by Crippen LogP contribution is -2.09. The number of hydrogen-bond donors (Lipinski definition) is 1. The number of fused-ring (bicyclic) bond motifs is 1. The standard InChI is InChI=1S/C8H10N2O.C2H6/c1-5-8-6(10-9-5)3-2-4-7(8)11;1-2/h2-4H2,1H3,(H,9,10);1-2H3. The molecule has 0 atom stereocenters.